The van der Waals surface area contributed by atoms with E-state index in [1.807, 2.05) is 18.2 Å². The number of aromatic nitrogens is 1. The third kappa shape index (κ3) is 5.44. The highest BCUT2D eigenvalue weighted by Crippen LogP contribution is 2.11. The third-order valence-electron chi connectivity index (χ3n) is 3.17. The molecule has 0 radical (unpaired) electrons. The minimum atomic E-state index is 0.684. The van der Waals surface area contributed by atoms with Crippen molar-refractivity contribution in [1.82, 2.24) is 10.3 Å². The Hall–Kier alpha value is -2.07. The molecular weight excluding hydrogens is 262 g/mol. The zero-order chi connectivity index (χ0) is 14.9. The molecule has 2 rings (SSSR count). The second-order valence-electron chi connectivity index (χ2n) is 5.11. The van der Waals surface area contributed by atoms with Gasteiger partial charge in [0.25, 0.3) is 0 Å². The van der Waals surface area contributed by atoms with Gasteiger partial charge in [-0.25, -0.2) is 4.98 Å². The smallest absolute Gasteiger partial charge is 0.213 e. The molecule has 0 aliphatic heterocycles. The predicted molar refractivity (Wildman–Crippen MR) is 86.8 cm³/mol. The van der Waals surface area contributed by atoms with Gasteiger partial charge < -0.3 is 15.0 Å². The van der Waals surface area contributed by atoms with Crippen molar-refractivity contribution in [2.45, 2.75) is 13.0 Å². The van der Waals surface area contributed by atoms with Gasteiger partial charge in [0.15, 0.2) is 0 Å². The Kier molecular flexibility index (Phi) is 6.03. The molecule has 4 nitrogen and oxygen atoms in total. The summed E-state index contributed by atoms with van der Waals surface area (Å²) in [5, 5.41) is 3.42. The van der Waals surface area contributed by atoms with Crippen LogP contribution in [-0.4, -0.2) is 32.2 Å². The molecule has 0 saturated carbocycles. The van der Waals surface area contributed by atoms with Crippen LogP contribution in [0.5, 0.6) is 5.88 Å². The fourth-order valence-corrected chi connectivity index (χ4v) is 1.95. The summed E-state index contributed by atoms with van der Waals surface area (Å²) in [5.41, 5.74) is 2.52. The van der Waals surface area contributed by atoms with Crippen molar-refractivity contribution in [2.75, 3.05) is 32.1 Å². The first kappa shape index (κ1) is 15.3. The van der Waals surface area contributed by atoms with Crippen molar-refractivity contribution in [3.63, 3.8) is 0 Å². The molecule has 0 saturated heterocycles. The highest BCUT2D eigenvalue weighted by Gasteiger charge is 1.97. The van der Waals surface area contributed by atoms with Gasteiger partial charge in [-0.15, -0.1) is 0 Å². The van der Waals surface area contributed by atoms with Crippen LogP contribution >= 0.6 is 0 Å². The Morgan fingerprint density at radius 2 is 1.90 bits per heavy atom. The number of hydrogen-bond acceptors (Lipinski definition) is 4. The number of ether oxygens (including phenoxy) is 1. The second-order valence-corrected chi connectivity index (χ2v) is 5.11. The lowest BCUT2D eigenvalue weighted by Gasteiger charge is -2.13. The average molecular weight is 285 g/mol. The first-order valence-electron chi connectivity index (χ1n) is 7.26. The van der Waals surface area contributed by atoms with Crippen molar-refractivity contribution in [3.8, 4) is 5.88 Å². The van der Waals surface area contributed by atoms with Crippen LogP contribution in [0.3, 0.4) is 0 Å². The predicted octanol–water partition coefficient (Wildman–Crippen LogP) is 2.71. The van der Waals surface area contributed by atoms with E-state index in [1.54, 1.807) is 6.20 Å². The molecule has 1 N–H and O–H groups in total. The van der Waals surface area contributed by atoms with E-state index in [1.165, 1.54) is 11.3 Å². The zero-order valence-corrected chi connectivity index (χ0v) is 12.7. The Labute approximate surface area is 126 Å². The van der Waals surface area contributed by atoms with E-state index in [0.717, 1.165) is 19.5 Å². The minimum absolute atomic E-state index is 0.684. The summed E-state index contributed by atoms with van der Waals surface area (Å²) in [5.74, 6) is 0.691. The van der Waals surface area contributed by atoms with Crippen molar-refractivity contribution in [3.05, 3.63) is 54.2 Å². The number of rotatable bonds is 8. The van der Waals surface area contributed by atoms with Gasteiger partial charge >= 0.3 is 0 Å². The van der Waals surface area contributed by atoms with Gasteiger partial charge in [0.05, 0.1) is 6.61 Å². The van der Waals surface area contributed by atoms with Crippen molar-refractivity contribution in [1.29, 1.82) is 0 Å². The molecule has 2 aromatic rings. The summed E-state index contributed by atoms with van der Waals surface area (Å²) < 4.78 is 5.54. The Bertz CT molecular complexity index is 511. The van der Waals surface area contributed by atoms with Gasteiger partial charge in [-0.1, -0.05) is 18.2 Å². The van der Waals surface area contributed by atoms with E-state index in [0.29, 0.717) is 12.5 Å². The Balaban J connectivity index is 1.59. The average Bonchev–Trinajstić information content (AvgIpc) is 2.52. The number of anilines is 1. The Morgan fingerprint density at radius 1 is 1.10 bits per heavy atom. The normalized spacial score (nSPS) is 10.4. The first-order chi connectivity index (χ1) is 10.3. The summed E-state index contributed by atoms with van der Waals surface area (Å²) in [6.45, 7) is 2.50. The topological polar surface area (TPSA) is 37.4 Å². The zero-order valence-electron chi connectivity index (χ0n) is 12.7. The molecule has 0 bridgehead atoms. The van der Waals surface area contributed by atoms with Crippen LogP contribution < -0.4 is 15.0 Å². The highest BCUT2D eigenvalue weighted by atomic mass is 16.5. The van der Waals surface area contributed by atoms with E-state index in [2.05, 4.69) is 53.6 Å². The van der Waals surface area contributed by atoms with E-state index < -0.39 is 0 Å². The molecule has 1 aromatic heterocycles. The molecule has 0 spiro atoms. The molecule has 21 heavy (non-hydrogen) atoms. The maximum Gasteiger partial charge on any atom is 0.213 e. The lowest BCUT2D eigenvalue weighted by molar-refractivity contribution is 0.296. The maximum atomic E-state index is 5.54. The van der Waals surface area contributed by atoms with Gasteiger partial charge in [0.2, 0.25) is 5.88 Å². The highest BCUT2D eigenvalue weighted by molar-refractivity contribution is 5.45. The van der Waals surface area contributed by atoms with Crippen molar-refractivity contribution < 1.29 is 4.74 Å². The fraction of sp³-hybridized carbons (Fsp3) is 0.353. The molecule has 0 aliphatic rings. The van der Waals surface area contributed by atoms with Gasteiger partial charge in [-0.2, -0.15) is 0 Å². The largest absolute Gasteiger partial charge is 0.478 e. The van der Waals surface area contributed by atoms with Crippen LogP contribution in [-0.2, 0) is 6.54 Å². The molecule has 0 fully saturated rings. The van der Waals surface area contributed by atoms with Crippen LogP contribution in [0.2, 0.25) is 0 Å². The molecule has 0 amide bonds. The van der Waals surface area contributed by atoms with E-state index in [4.69, 9.17) is 4.74 Å². The number of nitrogens with one attached hydrogen (secondary N) is 1. The quantitative estimate of drug-likeness (QED) is 0.757. The lowest BCUT2D eigenvalue weighted by Crippen LogP contribution is -2.17. The second kappa shape index (κ2) is 8.27. The van der Waals surface area contributed by atoms with E-state index in [9.17, 15) is 0 Å². The first-order valence-corrected chi connectivity index (χ1v) is 7.26. The summed E-state index contributed by atoms with van der Waals surface area (Å²) >= 11 is 0. The fourth-order valence-electron chi connectivity index (χ4n) is 1.95. The van der Waals surface area contributed by atoms with Crippen molar-refractivity contribution >= 4 is 5.69 Å². The minimum Gasteiger partial charge on any atom is -0.478 e. The standard InChI is InChI=1S/C17H23N3O/c1-20(2)16-9-7-15(8-10-16)14-18-11-5-13-21-17-6-3-4-12-19-17/h3-4,6-10,12,18H,5,11,13-14H2,1-2H3. The van der Waals surface area contributed by atoms with Gasteiger partial charge in [-0.3, -0.25) is 0 Å². The van der Waals surface area contributed by atoms with Gasteiger partial charge in [0.1, 0.15) is 0 Å². The molecular formula is C17H23N3O. The molecule has 112 valence electrons. The molecule has 1 aromatic carbocycles. The van der Waals surface area contributed by atoms with E-state index >= 15 is 0 Å². The Morgan fingerprint density at radius 3 is 2.57 bits per heavy atom. The SMILES string of the molecule is CN(C)c1ccc(CNCCCOc2ccccn2)cc1. The summed E-state index contributed by atoms with van der Waals surface area (Å²) in [6.07, 6.45) is 2.71. The lowest BCUT2D eigenvalue weighted by atomic mass is 10.2. The maximum absolute atomic E-state index is 5.54. The van der Waals surface area contributed by atoms with Crippen LogP contribution in [0.25, 0.3) is 0 Å². The molecule has 0 aliphatic carbocycles. The van der Waals surface area contributed by atoms with Gasteiger partial charge in [-0.05, 0) is 36.7 Å². The number of pyridine rings is 1. The summed E-state index contributed by atoms with van der Waals surface area (Å²) in [6, 6.07) is 14.3. The van der Waals surface area contributed by atoms with Crippen LogP contribution in [0.15, 0.2) is 48.7 Å². The number of hydrogen-bond donors (Lipinski definition) is 1. The monoisotopic (exact) mass is 285 g/mol. The van der Waals surface area contributed by atoms with Gasteiger partial charge in [0, 0.05) is 38.6 Å². The van der Waals surface area contributed by atoms with Crippen LogP contribution in [0, 0.1) is 0 Å². The van der Waals surface area contributed by atoms with E-state index in [-0.39, 0.29) is 0 Å². The molecule has 4 heteroatoms. The summed E-state index contributed by atoms with van der Waals surface area (Å²) in [7, 11) is 4.10. The summed E-state index contributed by atoms with van der Waals surface area (Å²) in [4.78, 5) is 6.22. The molecule has 0 atom stereocenters. The van der Waals surface area contributed by atoms with Crippen LogP contribution in [0.1, 0.15) is 12.0 Å². The number of nitrogens with zero attached hydrogens (tertiary/aromatic N) is 2. The molecule has 1 heterocycles. The third-order valence-corrected chi connectivity index (χ3v) is 3.17. The van der Waals surface area contributed by atoms with Crippen LogP contribution in [0.4, 0.5) is 5.69 Å². The number of benzene rings is 1. The van der Waals surface area contributed by atoms with Crippen molar-refractivity contribution in [2.24, 2.45) is 0 Å². The molecule has 0 unspecified atom stereocenters.